The maximum Gasteiger partial charge on any atom is 0.141 e. The molecule has 134 valence electrons. The normalized spacial score (nSPS) is 29.8. The summed E-state index contributed by atoms with van der Waals surface area (Å²) < 4.78 is 5.30. The monoisotopic (exact) mass is 342 g/mol. The molecule has 2 atom stereocenters. The minimum absolute atomic E-state index is 0.204. The minimum atomic E-state index is -0.864. The van der Waals surface area contributed by atoms with E-state index in [2.05, 4.69) is 23.5 Å². The molecule has 1 fully saturated rings. The van der Waals surface area contributed by atoms with Gasteiger partial charge in [-0.25, -0.2) is 0 Å². The van der Waals surface area contributed by atoms with E-state index in [4.69, 9.17) is 4.52 Å². The fourth-order valence-electron chi connectivity index (χ4n) is 5.19. The molecule has 2 aromatic rings. The van der Waals surface area contributed by atoms with E-state index in [0.717, 1.165) is 53.1 Å². The Bertz CT molecular complexity index is 851. The number of anilines is 1. The van der Waals surface area contributed by atoms with Gasteiger partial charge < -0.3 is 20.1 Å². The zero-order chi connectivity index (χ0) is 18.2. The molecule has 0 spiro atoms. The zero-order valence-electron chi connectivity index (χ0n) is 15.5. The van der Waals surface area contributed by atoms with Gasteiger partial charge in [0.2, 0.25) is 0 Å². The average Bonchev–Trinajstić information content (AvgIpc) is 3.02. The molecular formula is C20H26N2O3. The van der Waals surface area contributed by atoms with Gasteiger partial charge in [-0.15, -0.1) is 0 Å². The highest BCUT2D eigenvalue weighted by atomic mass is 16.5. The Morgan fingerprint density at radius 3 is 2.52 bits per heavy atom. The van der Waals surface area contributed by atoms with Crippen molar-refractivity contribution in [1.82, 2.24) is 5.16 Å². The Hall–Kier alpha value is -2.01. The maximum atomic E-state index is 11.6. The number of phenols is 1. The van der Waals surface area contributed by atoms with Gasteiger partial charge in [-0.05, 0) is 70.2 Å². The number of benzene rings is 1. The summed E-state index contributed by atoms with van der Waals surface area (Å²) in [4.78, 5) is 0. The molecule has 2 heterocycles. The molecule has 4 rings (SSSR count). The summed E-state index contributed by atoms with van der Waals surface area (Å²) in [5.74, 6) is 0.934. The molecule has 3 N–H and O–H groups in total. The Labute approximate surface area is 148 Å². The predicted molar refractivity (Wildman–Crippen MR) is 96.9 cm³/mol. The van der Waals surface area contributed by atoms with Crippen LogP contribution in [0.15, 0.2) is 16.7 Å². The molecule has 25 heavy (non-hydrogen) atoms. The molecule has 2 unspecified atom stereocenters. The number of aryl methyl sites for hydroxylation is 2. The second-order valence-electron chi connectivity index (χ2n) is 8.41. The number of aromatic nitrogens is 1. The topological polar surface area (TPSA) is 78.5 Å². The molecule has 1 aromatic carbocycles. The first-order valence-electron chi connectivity index (χ1n) is 8.92. The highest BCUT2D eigenvalue weighted by molar-refractivity contribution is 5.79. The van der Waals surface area contributed by atoms with Crippen LogP contribution in [0.25, 0.3) is 11.1 Å². The van der Waals surface area contributed by atoms with Crippen LogP contribution in [0.2, 0.25) is 0 Å². The van der Waals surface area contributed by atoms with Crippen molar-refractivity contribution < 1.29 is 14.7 Å². The number of nitrogens with zero attached hydrogens (tertiary/aromatic N) is 1. The lowest BCUT2D eigenvalue weighted by molar-refractivity contribution is -0.0630. The number of phenolic OH excluding ortho intramolecular Hbond substituents is 1. The van der Waals surface area contributed by atoms with Gasteiger partial charge in [-0.2, -0.15) is 0 Å². The first kappa shape index (κ1) is 16.5. The number of fused-ring (bicyclic) bond motifs is 3. The van der Waals surface area contributed by atoms with Crippen molar-refractivity contribution in [3.63, 3.8) is 0 Å². The summed E-state index contributed by atoms with van der Waals surface area (Å²) >= 11 is 0. The summed E-state index contributed by atoms with van der Waals surface area (Å²) in [6, 6.07) is 3.84. The van der Waals surface area contributed by atoms with Gasteiger partial charge in [0.05, 0.1) is 22.5 Å². The van der Waals surface area contributed by atoms with Crippen molar-refractivity contribution >= 4 is 5.69 Å². The van der Waals surface area contributed by atoms with E-state index in [1.54, 1.807) is 6.07 Å². The first-order chi connectivity index (χ1) is 11.6. The van der Waals surface area contributed by atoms with Crippen molar-refractivity contribution in [3.8, 4) is 16.9 Å². The van der Waals surface area contributed by atoms with Crippen molar-refractivity contribution in [2.45, 2.75) is 70.4 Å². The summed E-state index contributed by atoms with van der Waals surface area (Å²) in [7, 11) is 0. The number of nitrogens with one attached hydrogen (secondary N) is 1. The Morgan fingerprint density at radius 1 is 1.16 bits per heavy atom. The summed E-state index contributed by atoms with van der Waals surface area (Å²) in [5.41, 5.74) is 2.50. The summed E-state index contributed by atoms with van der Waals surface area (Å²) in [5, 5.41) is 29.8. The van der Waals surface area contributed by atoms with Crippen molar-refractivity contribution in [2.24, 2.45) is 0 Å². The van der Waals surface area contributed by atoms with Crippen LogP contribution in [-0.2, 0) is 5.41 Å². The van der Waals surface area contributed by atoms with E-state index in [9.17, 15) is 10.2 Å². The van der Waals surface area contributed by atoms with Gasteiger partial charge in [0.25, 0.3) is 0 Å². The van der Waals surface area contributed by atoms with Crippen molar-refractivity contribution in [1.29, 1.82) is 0 Å². The van der Waals surface area contributed by atoms with E-state index >= 15 is 0 Å². The van der Waals surface area contributed by atoms with Crippen LogP contribution < -0.4 is 5.32 Å². The van der Waals surface area contributed by atoms with E-state index < -0.39 is 16.6 Å². The molecule has 5 nitrogen and oxygen atoms in total. The molecule has 0 amide bonds. The molecule has 1 saturated carbocycles. The lowest BCUT2D eigenvalue weighted by Crippen LogP contribution is -2.65. The fraction of sp³-hybridized carbons (Fsp3) is 0.550. The van der Waals surface area contributed by atoms with E-state index in [-0.39, 0.29) is 5.75 Å². The lowest BCUT2D eigenvalue weighted by atomic mass is 9.59. The zero-order valence-corrected chi connectivity index (χ0v) is 15.5. The Morgan fingerprint density at radius 2 is 1.88 bits per heavy atom. The van der Waals surface area contributed by atoms with Crippen LogP contribution in [0.4, 0.5) is 5.69 Å². The van der Waals surface area contributed by atoms with Gasteiger partial charge in [0.15, 0.2) is 0 Å². The third-order valence-corrected chi connectivity index (χ3v) is 6.63. The number of rotatable bonds is 1. The molecule has 0 saturated heterocycles. The van der Waals surface area contributed by atoms with Gasteiger partial charge >= 0.3 is 0 Å². The number of aromatic hydroxyl groups is 1. The Balaban J connectivity index is 1.99. The van der Waals surface area contributed by atoms with E-state index in [1.807, 2.05) is 27.7 Å². The largest absolute Gasteiger partial charge is 0.506 e. The smallest absolute Gasteiger partial charge is 0.141 e. The van der Waals surface area contributed by atoms with E-state index in [0.29, 0.717) is 0 Å². The van der Waals surface area contributed by atoms with Gasteiger partial charge in [-0.3, -0.25) is 0 Å². The van der Waals surface area contributed by atoms with Crippen molar-refractivity contribution in [2.75, 3.05) is 5.32 Å². The third-order valence-electron chi connectivity index (χ3n) is 6.63. The SMILES string of the molecule is Cc1noc(C)c1-c1cc(O)c2c(c1)C1(C)CCCC1(O)C(C)(C)N2. The molecule has 1 aliphatic carbocycles. The quantitative estimate of drug-likeness (QED) is 0.682. The number of hydrogen-bond acceptors (Lipinski definition) is 5. The van der Waals surface area contributed by atoms with Gasteiger partial charge in [0.1, 0.15) is 11.5 Å². The van der Waals surface area contributed by atoms with Crippen LogP contribution in [0.1, 0.15) is 57.1 Å². The molecular weight excluding hydrogens is 316 g/mol. The van der Waals surface area contributed by atoms with Crippen LogP contribution >= 0.6 is 0 Å². The molecule has 0 radical (unpaired) electrons. The molecule has 1 aromatic heterocycles. The predicted octanol–water partition coefficient (Wildman–Crippen LogP) is 4.04. The molecule has 0 bridgehead atoms. The van der Waals surface area contributed by atoms with E-state index in [1.165, 1.54) is 0 Å². The molecule has 2 aliphatic rings. The highest BCUT2D eigenvalue weighted by Crippen LogP contribution is 2.60. The van der Waals surface area contributed by atoms with Gasteiger partial charge in [0, 0.05) is 11.0 Å². The molecule has 5 heteroatoms. The number of hydrogen-bond donors (Lipinski definition) is 3. The average molecular weight is 342 g/mol. The first-order valence-corrected chi connectivity index (χ1v) is 8.92. The maximum absolute atomic E-state index is 11.6. The van der Waals surface area contributed by atoms with Crippen LogP contribution in [0.5, 0.6) is 5.75 Å². The standard InChI is InChI=1S/C20H26N2O3/c1-11-16(12(2)25-22-11)13-9-14-17(15(23)10-13)21-18(3,4)20(24)8-6-7-19(14,20)5/h9-10,21,23-24H,6-8H2,1-5H3. The fourth-order valence-corrected chi connectivity index (χ4v) is 5.19. The van der Waals surface area contributed by atoms with Crippen LogP contribution in [0, 0.1) is 13.8 Å². The molecule has 1 aliphatic heterocycles. The minimum Gasteiger partial charge on any atom is -0.506 e. The van der Waals surface area contributed by atoms with Crippen LogP contribution in [0.3, 0.4) is 0 Å². The summed E-state index contributed by atoms with van der Waals surface area (Å²) in [6.07, 6.45) is 2.61. The summed E-state index contributed by atoms with van der Waals surface area (Å²) in [6.45, 7) is 9.93. The number of aliphatic hydroxyl groups is 1. The van der Waals surface area contributed by atoms with Crippen LogP contribution in [-0.4, -0.2) is 26.5 Å². The Kier molecular flexibility index (Phi) is 3.15. The highest BCUT2D eigenvalue weighted by Gasteiger charge is 2.63. The van der Waals surface area contributed by atoms with Gasteiger partial charge in [-0.1, -0.05) is 12.1 Å². The third kappa shape index (κ3) is 1.90. The second kappa shape index (κ2) is 4.79. The second-order valence-corrected chi connectivity index (χ2v) is 8.41. The van der Waals surface area contributed by atoms with Crippen molar-refractivity contribution in [3.05, 3.63) is 29.2 Å². The lowest BCUT2D eigenvalue weighted by Gasteiger charge is -2.55.